The molecule has 1 aromatic rings. The van der Waals surface area contributed by atoms with Crippen LogP contribution in [0, 0.1) is 12.7 Å². The number of alkyl carbamates (subject to hydrolysis) is 1. The first-order valence-electron chi connectivity index (χ1n) is 7.12. The first-order valence-corrected chi connectivity index (χ1v) is 7.12. The summed E-state index contributed by atoms with van der Waals surface area (Å²) in [7, 11) is 0. The Hall–Kier alpha value is -1.62. The zero-order valence-corrected chi connectivity index (χ0v) is 13.4. The molecule has 1 rings (SSSR count). The quantitative estimate of drug-likeness (QED) is 0.877. The van der Waals surface area contributed by atoms with E-state index >= 15 is 0 Å². The highest BCUT2D eigenvalue weighted by Gasteiger charge is 2.17. The molecule has 0 saturated carbocycles. The summed E-state index contributed by atoms with van der Waals surface area (Å²) in [5, 5.41) is 5.95. The second-order valence-electron chi connectivity index (χ2n) is 6.25. The maximum atomic E-state index is 13.2. The van der Waals surface area contributed by atoms with E-state index in [-0.39, 0.29) is 11.9 Å². The SMILES string of the molecule is Cc1ccc(F)cc1CNCC(C)NC(=O)OC(C)(C)C. The first-order chi connectivity index (χ1) is 9.67. The van der Waals surface area contributed by atoms with Crippen molar-refractivity contribution >= 4 is 6.09 Å². The number of rotatable bonds is 5. The number of hydrogen-bond donors (Lipinski definition) is 2. The third-order valence-electron chi connectivity index (χ3n) is 2.84. The highest BCUT2D eigenvalue weighted by atomic mass is 19.1. The summed E-state index contributed by atoms with van der Waals surface area (Å²) >= 11 is 0. The molecule has 1 amide bonds. The van der Waals surface area contributed by atoms with Gasteiger partial charge in [-0.3, -0.25) is 0 Å². The molecular formula is C16H25FN2O2. The van der Waals surface area contributed by atoms with E-state index < -0.39 is 11.7 Å². The third kappa shape index (κ3) is 7.09. The average molecular weight is 296 g/mol. The Morgan fingerprint density at radius 1 is 1.38 bits per heavy atom. The molecule has 0 radical (unpaired) electrons. The van der Waals surface area contributed by atoms with E-state index in [1.165, 1.54) is 12.1 Å². The fraction of sp³-hybridized carbons (Fsp3) is 0.562. The molecule has 0 aliphatic carbocycles. The molecule has 5 heteroatoms. The Morgan fingerprint density at radius 3 is 2.67 bits per heavy atom. The van der Waals surface area contributed by atoms with Gasteiger partial charge in [-0.05, 0) is 57.9 Å². The Balaban J connectivity index is 2.35. The number of carbonyl (C=O) groups excluding carboxylic acids is 1. The predicted molar refractivity (Wildman–Crippen MR) is 81.7 cm³/mol. The summed E-state index contributed by atoms with van der Waals surface area (Å²) in [6.07, 6.45) is -0.432. The van der Waals surface area contributed by atoms with Crippen molar-refractivity contribution in [1.29, 1.82) is 0 Å². The van der Waals surface area contributed by atoms with Crippen molar-refractivity contribution in [3.8, 4) is 0 Å². The van der Waals surface area contributed by atoms with Crippen LogP contribution in [0.15, 0.2) is 18.2 Å². The predicted octanol–water partition coefficient (Wildman–Crippen LogP) is 3.14. The molecule has 0 aliphatic rings. The van der Waals surface area contributed by atoms with Crippen molar-refractivity contribution in [2.45, 2.75) is 52.8 Å². The summed E-state index contributed by atoms with van der Waals surface area (Å²) in [5.41, 5.74) is 1.45. The second kappa shape index (κ2) is 7.41. The summed E-state index contributed by atoms with van der Waals surface area (Å²) in [6.45, 7) is 10.4. The molecule has 118 valence electrons. The van der Waals surface area contributed by atoms with Crippen LogP contribution in [0.3, 0.4) is 0 Å². The molecule has 21 heavy (non-hydrogen) atoms. The molecular weight excluding hydrogens is 271 g/mol. The number of benzene rings is 1. The lowest BCUT2D eigenvalue weighted by Crippen LogP contribution is -2.42. The van der Waals surface area contributed by atoms with Gasteiger partial charge in [-0.2, -0.15) is 0 Å². The molecule has 1 aromatic carbocycles. The van der Waals surface area contributed by atoms with E-state index in [2.05, 4.69) is 10.6 Å². The van der Waals surface area contributed by atoms with E-state index in [1.54, 1.807) is 6.07 Å². The van der Waals surface area contributed by atoms with Crippen LogP contribution >= 0.6 is 0 Å². The second-order valence-corrected chi connectivity index (χ2v) is 6.25. The Kier molecular flexibility index (Phi) is 6.15. The van der Waals surface area contributed by atoms with Crippen LogP contribution in [0.4, 0.5) is 9.18 Å². The number of amides is 1. The van der Waals surface area contributed by atoms with Crippen molar-refractivity contribution in [2.24, 2.45) is 0 Å². The Bertz CT molecular complexity index is 484. The van der Waals surface area contributed by atoms with Crippen LogP contribution in [0.25, 0.3) is 0 Å². The number of carbonyl (C=O) groups is 1. The van der Waals surface area contributed by atoms with Crippen molar-refractivity contribution in [3.05, 3.63) is 35.1 Å². The van der Waals surface area contributed by atoms with E-state index in [0.717, 1.165) is 11.1 Å². The molecule has 0 aliphatic heterocycles. The number of hydrogen-bond acceptors (Lipinski definition) is 3. The van der Waals surface area contributed by atoms with Gasteiger partial charge in [-0.15, -0.1) is 0 Å². The smallest absolute Gasteiger partial charge is 0.407 e. The lowest BCUT2D eigenvalue weighted by atomic mass is 10.1. The molecule has 1 atom stereocenters. The topological polar surface area (TPSA) is 50.4 Å². The summed E-state index contributed by atoms with van der Waals surface area (Å²) in [6, 6.07) is 4.66. The lowest BCUT2D eigenvalue weighted by molar-refractivity contribution is 0.0508. The molecule has 2 N–H and O–H groups in total. The monoisotopic (exact) mass is 296 g/mol. The highest BCUT2D eigenvalue weighted by molar-refractivity contribution is 5.68. The van der Waals surface area contributed by atoms with Gasteiger partial charge in [-0.25, -0.2) is 9.18 Å². The number of aryl methyl sites for hydroxylation is 1. The van der Waals surface area contributed by atoms with Crippen molar-refractivity contribution in [3.63, 3.8) is 0 Å². The Labute approximate surface area is 126 Å². The number of halogens is 1. The number of ether oxygens (including phenoxy) is 1. The molecule has 4 nitrogen and oxygen atoms in total. The first kappa shape index (κ1) is 17.4. The van der Waals surface area contributed by atoms with Crippen LogP contribution in [-0.4, -0.2) is 24.3 Å². The minimum atomic E-state index is -0.504. The standard InChI is InChI=1S/C16H25FN2O2/c1-11-6-7-14(17)8-13(11)10-18-9-12(2)19-15(20)21-16(3,4)5/h6-8,12,18H,9-10H2,1-5H3,(H,19,20). The van der Waals surface area contributed by atoms with Crippen molar-refractivity contribution in [2.75, 3.05) is 6.54 Å². The minimum absolute atomic E-state index is 0.0753. The minimum Gasteiger partial charge on any atom is -0.444 e. The largest absolute Gasteiger partial charge is 0.444 e. The fourth-order valence-electron chi connectivity index (χ4n) is 1.81. The van der Waals surface area contributed by atoms with Gasteiger partial charge in [0.2, 0.25) is 0 Å². The van der Waals surface area contributed by atoms with E-state index in [0.29, 0.717) is 13.1 Å². The van der Waals surface area contributed by atoms with Gasteiger partial charge < -0.3 is 15.4 Å². The van der Waals surface area contributed by atoms with Crippen molar-refractivity contribution < 1.29 is 13.9 Å². The summed E-state index contributed by atoms with van der Waals surface area (Å²) in [5.74, 6) is -0.239. The summed E-state index contributed by atoms with van der Waals surface area (Å²) in [4.78, 5) is 11.6. The maximum absolute atomic E-state index is 13.2. The van der Waals surface area contributed by atoms with E-state index in [9.17, 15) is 9.18 Å². The van der Waals surface area contributed by atoms with E-state index in [1.807, 2.05) is 34.6 Å². The molecule has 0 heterocycles. The van der Waals surface area contributed by atoms with Gasteiger partial charge in [0.15, 0.2) is 0 Å². The van der Waals surface area contributed by atoms with Crippen molar-refractivity contribution in [1.82, 2.24) is 10.6 Å². The van der Waals surface area contributed by atoms with Crippen LogP contribution < -0.4 is 10.6 Å². The molecule has 0 fully saturated rings. The van der Waals surface area contributed by atoms with Crippen LogP contribution in [0.1, 0.15) is 38.8 Å². The van der Waals surface area contributed by atoms with Gasteiger partial charge in [0.1, 0.15) is 11.4 Å². The van der Waals surface area contributed by atoms with Crippen LogP contribution in [-0.2, 0) is 11.3 Å². The van der Waals surface area contributed by atoms with E-state index in [4.69, 9.17) is 4.74 Å². The lowest BCUT2D eigenvalue weighted by Gasteiger charge is -2.22. The molecule has 0 saturated heterocycles. The summed E-state index contributed by atoms with van der Waals surface area (Å²) < 4.78 is 18.3. The van der Waals surface area contributed by atoms with Gasteiger partial charge in [0.05, 0.1) is 0 Å². The van der Waals surface area contributed by atoms with Crippen LogP contribution in [0.5, 0.6) is 0 Å². The van der Waals surface area contributed by atoms with Gasteiger partial charge in [0, 0.05) is 19.1 Å². The molecule has 0 bridgehead atoms. The molecule has 1 unspecified atom stereocenters. The zero-order chi connectivity index (χ0) is 16.0. The molecule has 0 aromatic heterocycles. The Morgan fingerprint density at radius 2 is 2.05 bits per heavy atom. The highest BCUT2D eigenvalue weighted by Crippen LogP contribution is 2.10. The average Bonchev–Trinajstić information content (AvgIpc) is 2.31. The van der Waals surface area contributed by atoms with Gasteiger partial charge >= 0.3 is 6.09 Å². The number of nitrogens with one attached hydrogen (secondary N) is 2. The maximum Gasteiger partial charge on any atom is 0.407 e. The fourth-order valence-corrected chi connectivity index (χ4v) is 1.81. The van der Waals surface area contributed by atoms with Gasteiger partial charge in [0.25, 0.3) is 0 Å². The van der Waals surface area contributed by atoms with Gasteiger partial charge in [-0.1, -0.05) is 6.07 Å². The van der Waals surface area contributed by atoms with Crippen LogP contribution in [0.2, 0.25) is 0 Å². The zero-order valence-electron chi connectivity index (χ0n) is 13.4. The normalized spacial score (nSPS) is 12.9. The third-order valence-corrected chi connectivity index (χ3v) is 2.84. The molecule has 0 spiro atoms.